The number of hydrogen-bond acceptors (Lipinski definition) is 8. The van der Waals surface area contributed by atoms with E-state index in [1.807, 2.05) is 54.6 Å². The van der Waals surface area contributed by atoms with Crippen LogP contribution in [0.2, 0.25) is 0 Å². The van der Waals surface area contributed by atoms with Crippen LogP contribution < -0.4 is 16.4 Å². The topological polar surface area (TPSA) is 141 Å². The maximum atomic E-state index is 13.4. The fourth-order valence-electron chi connectivity index (χ4n) is 4.29. The predicted octanol–water partition coefficient (Wildman–Crippen LogP) is 3.91. The zero-order valence-corrected chi connectivity index (χ0v) is 21.6. The van der Waals surface area contributed by atoms with Crippen LogP contribution in [0.4, 0.5) is 11.5 Å². The monoisotopic (exact) mass is 533 g/mol. The second-order valence-electron chi connectivity index (χ2n) is 9.14. The lowest BCUT2D eigenvalue weighted by atomic mass is 10.1. The minimum absolute atomic E-state index is 0.000156. The first-order valence-corrected chi connectivity index (χ1v) is 12.7. The van der Waals surface area contributed by atoms with Crippen LogP contribution in [0.1, 0.15) is 22.3 Å². The number of imidazole rings is 1. The van der Waals surface area contributed by atoms with E-state index in [0.717, 1.165) is 11.1 Å². The van der Waals surface area contributed by atoms with Gasteiger partial charge in [0.1, 0.15) is 0 Å². The molecule has 2 aromatic heterocycles. The van der Waals surface area contributed by atoms with Crippen LogP contribution in [0, 0.1) is 12.3 Å². The Balaban J connectivity index is 1.31. The molecule has 1 atom stereocenters. The van der Waals surface area contributed by atoms with Crippen molar-refractivity contribution in [2.24, 2.45) is 5.73 Å². The van der Waals surface area contributed by atoms with E-state index < -0.39 is 6.04 Å². The Bertz CT molecular complexity index is 1670. The van der Waals surface area contributed by atoms with Crippen molar-refractivity contribution in [3.8, 4) is 23.9 Å². The molecule has 0 aliphatic heterocycles. The molecule has 10 heteroatoms. The van der Waals surface area contributed by atoms with Gasteiger partial charge in [-0.05, 0) is 58.7 Å². The molecular weight excluding hydrogens is 506 g/mol. The number of nitrogens with zero attached hydrogens (tertiary/aromatic N) is 4. The molecule has 0 aliphatic rings. The maximum Gasteiger partial charge on any atom is 0.241 e. The van der Waals surface area contributed by atoms with Gasteiger partial charge in [0.25, 0.3) is 0 Å². The number of para-hydroxylation sites is 2. The summed E-state index contributed by atoms with van der Waals surface area (Å²) in [6.45, 7) is 0.483. The Hall–Kier alpha value is -5.27. The van der Waals surface area contributed by atoms with Gasteiger partial charge in [0, 0.05) is 24.2 Å². The summed E-state index contributed by atoms with van der Waals surface area (Å²) in [7, 11) is 0. The van der Waals surface area contributed by atoms with E-state index in [1.165, 1.54) is 0 Å². The van der Waals surface area contributed by atoms with Gasteiger partial charge in [0.2, 0.25) is 11.7 Å². The smallest absolute Gasteiger partial charge is 0.241 e. The molecule has 1 unspecified atom stereocenters. The third-order valence-corrected chi connectivity index (χ3v) is 6.33. The number of nitrogens with one attached hydrogen (secondary N) is 2. The molecular formula is C30H27N7O3. The molecule has 3 aromatic carbocycles. The van der Waals surface area contributed by atoms with Gasteiger partial charge in [-0.15, -0.1) is 12.3 Å². The standard InChI is InChI=1S/C30H27N7O3/c1-2-3-17-32-28-27(35-40-36-28)29-34-24-11-7-8-12-25(24)37(29)19-26(38)21-13-15-22(16-14-21)33-30(39)23(31)18-20-9-5-4-6-10-20/h1,4-16,23H,3,17-19,31H2,(H,32,36)(H,33,39). The highest BCUT2D eigenvalue weighted by molar-refractivity contribution is 5.99. The number of Topliss-reactive ketones (excluding diaryl/α,β-unsaturated/α-hetero) is 1. The molecule has 0 spiro atoms. The molecule has 0 saturated heterocycles. The van der Waals surface area contributed by atoms with Gasteiger partial charge < -0.3 is 20.9 Å². The number of terminal acetylenes is 1. The van der Waals surface area contributed by atoms with Crippen LogP contribution in [0.25, 0.3) is 22.6 Å². The summed E-state index contributed by atoms with van der Waals surface area (Å²) in [6, 6.07) is 23.1. The summed E-state index contributed by atoms with van der Waals surface area (Å²) in [5.74, 6) is 2.94. The fraction of sp³-hybridized carbons (Fsp3) is 0.167. The molecule has 0 saturated carbocycles. The number of aromatic nitrogens is 4. The highest BCUT2D eigenvalue weighted by Crippen LogP contribution is 2.28. The number of rotatable bonds is 11. The zero-order chi connectivity index (χ0) is 27.9. The Morgan fingerprint density at radius 3 is 2.52 bits per heavy atom. The molecule has 0 radical (unpaired) electrons. The first-order valence-electron chi connectivity index (χ1n) is 12.7. The lowest BCUT2D eigenvalue weighted by molar-refractivity contribution is -0.117. The normalized spacial score (nSPS) is 11.6. The van der Waals surface area contributed by atoms with Crippen LogP contribution >= 0.6 is 0 Å². The largest absolute Gasteiger partial charge is 0.364 e. The number of carbonyl (C=O) groups excluding carboxylic acids is 2. The van der Waals surface area contributed by atoms with Crippen molar-refractivity contribution < 1.29 is 14.2 Å². The van der Waals surface area contributed by atoms with Gasteiger partial charge in [-0.2, -0.15) is 0 Å². The SMILES string of the molecule is C#CCCNc1nonc1-c1nc2ccccc2n1CC(=O)c1ccc(NC(=O)C(N)Cc2ccccc2)cc1. The van der Waals surface area contributed by atoms with Crippen molar-refractivity contribution in [3.05, 3.63) is 90.0 Å². The van der Waals surface area contributed by atoms with E-state index in [-0.39, 0.29) is 18.2 Å². The van der Waals surface area contributed by atoms with E-state index in [4.69, 9.17) is 21.8 Å². The minimum atomic E-state index is -0.700. The van der Waals surface area contributed by atoms with Crippen LogP contribution in [-0.4, -0.2) is 44.1 Å². The molecule has 0 bridgehead atoms. The number of ketones is 1. The van der Waals surface area contributed by atoms with Gasteiger partial charge >= 0.3 is 0 Å². The van der Waals surface area contributed by atoms with Gasteiger partial charge in [0.05, 0.1) is 23.6 Å². The molecule has 1 amide bonds. The average molecular weight is 534 g/mol. The van der Waals surface area contributed by atoms with E-state index in [0.29, 0.717) is 53.5 Å². The molecule has 5 rings (SSSR count). The van der Waals surface area contributed by atoms with Gasteiger partial charge in [-0.25, -0.2) is 9.61 Å². The molecule has 5 aromatic rings. The maximum absolute atomic E-state index is 13.4. The molecule has 0 fully saturated rings. The molecule has 0 aliphatic carbocycles. The van der Waals surface area contributed by atoms with Crippen molar-refractivity contribution in [2.75, 3.05) is 17.2 Å². The average Bonchev–Trinajstić information content (AvgIpc) is 3.58. The Kier molecular flexibility index (Phi) is 7.94. The van der Waals surface area contributed by atoms with Gasteiger partial charge in [0.15, 0.2) is 17.3 Å². The number of amides is 1. The van der Waals surface area contributed by atoms with E-state index >= 15 is 0 Å². The van der Waals surface area contributed by atoms with Crippen LogP contribution in [0.15, 0.2) is 83.5 Å². The molecule has 2 heterocycles. The number of benzene rings is 3. The number of hydrogen-bond donors (Lipinski definition) is 3. The van der Waals surface area contributed by atoms with E-state index in [2.05, 4.69) is 26.9 Å². The lowest BCUT2D eigenvalue weighted by Gasteiger charge is -2.13. The van der Waals surface area contributed by atoms with Gasteiger partial charge in [-0.1, -0.05) is 42.5 Å². The summed E-state index contributed by atoms with van der Waals surface area (Å²) in [6.07, 6.45) is 6.27. The summed E-state index contributed by atoms with van der Waals surface area (Å²) >= 11 is 0. The predicted molar refractivity (Wildman–Crippen MR) is 152 cm³/mol. The third kappa shape index (κ3) is 5.90. The summed E-state index contributed by atoms with van der Waals surface area (Å²) in [5.41, 5.74) is 9.94. The third-order valence-electron chi connectivity index (χ3n) is 6.33. The lowest BCUT2D eigenvalue weighted by Crippen LogP contribution is -2.37. The van der Waals surface area contributed by atoms with Crippen molar-refractivity contribution in [2.45, 2.75) is 25.4 Å². The Morgan fingerprint density at radius 2 is 1.75 bits per heavy atom. The number of nitrogens with two attached hydrogens (primary N) is 1. The highest BCUT2D eigenvalue weighted by Gasteiger charge is 2.22. The first-order chi connectivity index (χ1) is 19.5. The summed E-state index contributed by atoms with van der Waals surface area (Å²) < 4.78 is 6.75. The number of fused-ring (bicyclic) bond motifs is 1. The van der Waals surface area contributed by atoms with Crippen molar-refractivity contribution in [1.82, 2.24) is 19.9 Å². The van der Waals surface area contributed by atoms with E-state index in [9.17, 15) is 9.59 Å². The molecule has 40 heavy (non-hydrogen) atoms. The number of carbonyl (C=O) groups is 2. The van der Waals surface area contributed by atoms with Gasteiger partial charge in [-0.3, -0.25) is 9.59 Å². The Labute approximate surface area is 230 Å². The molecule has 10 nitrogen and oxygen atoms in total. The fourth-order valence-corrected chi connectivity index (χ4v) is 4.29. The first kappa shape index (κ1) is 26.3. The van der Waals surface area contributed by atoms with Crippen molar-refractivity contribution in [1.29, 1.82) is 0 Å². The second-order valence-corrected chi connectivity index (χ2v) is 9.14. The van der Waals surface area contributed by atoms with Crippen LogP contribution in [-0.2, 0) is 17.8 Å². The Morgan fingerprint density at radius 1 is 1.00 bits per heavy atom. The van der Waals surface area contributed by atoms with Crippen molar-refractivity contribution >= 4 is 34.2 Å². The number of anilines is 2. The highest BCUT2D eigenvalue weighted by atomic mass is 16.6. The van der Waals surface area contributed by atoms with Crippen molar-refractivity contribution in [3.63, 3.8) is 0 Å². The second kappa shape index (κ2) is 12.1. The summed E-state index contributed by atoms with van der Waals surface area (Å²) in [5, 5.41) is 13.9. The van der Waals surface area contributed by atoms with Crippen LogP contribution in [0.3, 0.4) is 0 Å². The minimum Gasteiger partial charge on any atom is -0.364 e. The molecule has 200 valence electrons. The zero-order valence-electron chi connectivity index (χ0n) is 21.6. The molecule has 4 N–H and O–H groups in total. The quantitative estimate of drug-likeness (QED) is 0.132. The van der Waals surface area contributed by atoms with Crippen LogP contribution in [0.5, 0.6) is 0 Å². The summed E-state index contributed by atoms with van der Waals surface area (Å²) in [4.78, 5) is 30.6. The van der Waals surface area contributed by atoms with E-state index in [1.54, 1.807) is 28.8 Å².